The molecule has 0 fully saturated rings. The average Bonchev–Trinajstić information content (AvgIpc) is 3.28. The van der Waals surface area contributed by atoms with E-state index in [1.807, 2.05) is 60.7 Å². The van der Waals surface area contributed by atoms with Gasteiger partial charge in [0, 0.05) is 59.8 Å². The minimum absolute atomic E-state index is 0.109. The van der Waals surface area contributed by atoms with Crippen LogP contribution in [0.25, 0.3) is 0 Å². The number of fused-ring (bicyclic) bond motifs is 2. The Morgan fingerprint density at radius 1 is 0.483 bits per heavy atom. The molecule has 60 heavy (non-hydrogen) atoms. The number of likely N-dealkylation sites (N-methyl/N-ethyl adjacent to an activating group) is 2. The number of carbonyl (C=O) groups is 4. The van der Waals surface area contributed by atoms with Gasteiger partial charge in [-0.3, -0.25) is 19.2 Å². The molecule has 0 unspecified atom stereocenters. The van der Waals surface area contributed by atoms with E-state index >= 15 is 0 Å². The van der Waals surface area contributed by atoms with Gasteiger partial charge in [0.25, 0.3) is 11.8 Å². The fourth-order valence-electron chi connectivity index (χ4n) is 7.67. The highest BCUT2D eigenvalue weighted by Gasteiger charge is 2.23. The number of amides is 2. The summed E-state index contributed by atoms with van der Waals surface area (Å²) < 4.78 is 10.8. The van der Waals surface area contributed by atoms with E-state index in [0.29, 0.717) is 44.9 Å². The van der Waals surface area contributed by atoms with Crippen LogP contribution < -0.4 is 20.1 Å². The lowest BCUT2D eigenvalue weighted by molar-refractivity contribution is 0.101. The Bertz CT molecular complexity index is 2540. The minimum Gasteiger partial charge on any atom is -0.496 e. The summed E-state index contributed by atoms with van der Waals surface area (Å²) in [6, 6.07) is 40.0. The molecular formula is C50H48N4O6. The van der Waals surface area contributed by atoms with E-state index in [9.17, 15) is 19.2 Å². The van der Waals surface area contributed by atoms with Crippen molar-refractivity contribution in [3.05, 3.63) is 189 Å². The summed E-state index contributed by atoms with van der Waals surface area (Å²) in [5.41, 5.74) is 9.28. The monoisotopic (exact) mass is 800 g/mol. The van der Waals surface area contributed by atoms with Crippen molar-refractivity contribution in [3.8, 4) is 11.5 Å². The molecule has 2 aliphatic rings. The highest BCUT2D eigenvalue weighted by atomic mass is 16.5. The molecule has 2 amide bonds. The van der Waals surface area contributed by atoms with Gasteiger partial charge in [-0.05, 0) is 97.7 Å². The average molecular weight is 801 g/mol. The SMILES string of the molecule is COc1cc(C(=O)c2ccccc2)ccc1C(=O)Nc1cccc2c1CCN(C)C2.COc1ccc(C(=O)c2ccccc2)cc1C(=O)Nc1cccc2c1CCN(C)C2. The summed E-state index contributed by atoms with van der Waals surface area (Å²) in [7, 11) is 7.21. The molecule has 10 heteroatoms. The lowest BCUT2D eigenvalue weighted by Gasteiger charge is -2.26. The summed E-state index contributed by atoms with van der Waals surface area (Å²) in [5.74, 6) is 0.0229. The number of anilines is 2. The smallest absolute Gasteiger partial charge is 0.259 e. The quantitative estimate of drug-likeness (QED) is 0.133. The number of hydrogen-bond donors (Lipinski definition) is 2. The lowest BCUT2D eigenvalue weighted by atomic mass is 9.97. The van der Waals surface area contributed by atoms with Crippen molar-refractivity contribution in [2.45, 2.75) is 25.9 Å². The molecule has 6 aromatic carbocycles. The highest BCUT2D eigenvalue weighted by Crippen LogP contribution is 2.30. The van der Waals surface area contributed by atoms with Crippen LogP contribution in [0.4, 0.5) is 11.4 Å². The zero-order chi connectivity index (χ0) is 42.2. The summed E-state index contributed by atoms with van der Waals surface area (Å²) >= 11 is 0. The van der Waals surface area contributed by atoms with Gasteiger partial charge in [0.1, 0.15) is 11.5 Å². The molecule has 0 aliphatic carbocycles. The third-order valence-corrected chi connectivity index (χ3v) is 10.9. The van der Waals surface area contributed by atoms with Gasteiger partial charge >= 0.3 is 0 Å². The molecule has 10 nitrogen and oxygen atoms in total. The molecule has 0 atom stereocenters. The van der Waals surface area contributed by atoms with Crippen LogP contribution in [0, 0.1) is 0 Å². The molecule has 2 heterocycles. The second-order valence-corrected chi connectivity index (χ2v) is 15.0. The first-order chi connectivity index (χ1) is 29.1. The van der Waals surface area contributed by atoms with E-state index in [0.717, 1.165) is 50.4 Å². The maximum atomic E-state index is 13.1. The van der Waals surface area contributed by atoms with E-state index in [1.54, 1.807) is 60.7 Å². The summed E-state index contributed by atoms with van der Waals surface area (Å²) in [6.07, 6.45) is 1.77. The molecular weight excluding hydrogens is 753 g/mol. The number of ether oxygens (including phenoxy) is 2. The Kier molecular flexibility index (Phi) is 12.9. The molecule has 8 rings (SSSR count). The topological polar surface area (TPSA) is 117 Å². The minimum atomic E-state index is -0.290. The Balaban J connectivity index is 0.000000181. The van der Waals surface area contributed by atoms with Crippen molar-refractivity contribution in [2.75, 3.05) is 52.0 Å². The number of nitrogens with one attached hydrogen (secondary N) is 2. The predicted molar refractivity (Wildman–Crippen MR) is 235 cm³/mol. The van der Waals surface area contributed by atoms with E-state index < -0.39 is 0 Å². The molecule has 0 radical (unpaired) electrons. The summed E-state index contributed by atoms with van der Waals surface area (Å²) in [6.45, 7) is 3.64. The van der Waals surface area contributed by atoms with Crippen molar-refractivity contribution in [1.82, 2.24) is 9.80 Å². The van der Waals surface area contributed by atoms with Crippen LogP contribution in [0.1, 0.15) is 74.8 Å². The van der Waals surface area contributed by atoms with Crippen molar-refractivity contribution in [3.63, 3.8) is 0 Å². The molecule has 0 aromatic heterocycles. The maximum absolute atomic E-state index is 13.1. The van der Waals surface area contributed by atoms with Gasteiger partial charge in [0.05, 0.1) is 25.3 Å². The Morgan fingerprint density at radius 3 is 1.45 bits per heavy atom. The van der Waals surface area contributed by atoms with Gasteiger partial charge in [-0.1, -0.05) is 84.9 Å². The number of methoxy groups -OCH3 is 2. The molecule has 0 bridgehead atoms. The molecule has 0 saturated carbocycles. The number of nitrogens with zero attached hydrogens (tertiary/aromatic N) is 2. The normalized spacial score (nSPS) is 13.4. The first kappa shape index (κ1) is 41.3. The van der Waals surface area contributed by atoms with Crippen molar-refractivity contribution >= 4 is 34.8 Å². The van der Waals surface area contributed by atoms with Gasteiger partial charge in [-0.15, -0.1) is 0 Å². The van der Waals surface area contributed by atoms with E-state index in [2.05, 4.69) is 46.7 Å². The molecule has 2 N–H and O–H groups in total. The molecule has 304 valence electrons. The van der Waals surface area contributed by atoms with Crippen LogP contribution in [-0.4, -0.2) is 74.6 Å². The second-order valence-electron chi connectivity index (χ2n) is 15.0. The van der Waals surface area contributed by atoms with Gasteiger partial charge in [-0.2, -0.15) is 0 Å². The zero-order valence-electron chi connectivity index (χ0n) is 34.3. The van der Waals surface area contributed by atoms with Gasteiger partial charge < -0.3 is 29.9 Å². The third-order valence-electron chi connectivity index (χ3n) is 10.9. The van der Waals surface area contributed by atoms with Crippen molar-refractivity contribution in [1.29, 1.82) is 0 Å². The molecule has 0 saturated heterocycles. The number of hydrogen-bond acceptors (Lipinski definition) is 8. The van der Waals surface area contributed by atoms with Crippen LogP contribution in [0.15, 0.2) is 133 Å². The van der Waals surface area contributed by atoms with Crippen LogP contribution >= 0.6 is 0 Å². The number of ketones is 2. The third kappa shape index (κ3) is 9.36. The van der Waals surface area contributed by atoms with Gasteiger partial charge in [-0.25, -0.2) is 0 Å². The number of rotatable bonds is 10. The van der Waals surface area contributed by atoms with Crippen LogP contribution in [0.2, 0.25) is 0 Å². The van der Waals surface area contributed by atoms with Gasteiger partial charge in [0.2, 0.25) is 0 Å². The number of benzene rings is 6. The van der Waals surface area contributed by atoms with Crippen molar-refractivity contribution in [2.24, 2.45) is 0 Å². The highest BCUT2D eigenvalue weighted by molar-refractivity contribution is 6.13. The Labute approximate surface area is 350 Å². The van der Waals surface area contributed by atoms with E-state index in [-0.39, 0.29) is 23.4 Å². The van der Waals surface area contributed by atoms with Gasteiger partial charge in [0.15, 0.2) is 11.6 Å². The van der Waals surface area contributed by atoms with Crippen molar-refractivity contribution < 1.29 is 28.7 Å². The second kappa shape index (κ2) is 18.8. The molecule has 0 spiro atoms. The Morgan fingerprint density at radius 2 is 0.950 bits per heavy atom. The number of carbonyl (C=O) groups excluding carboxylic acids is 4. The van der Waals surface area contributed by atoms with Crippen LogP contribution in [0.3, 0.4) is 0 Å². The molecule has 2 aliphatic heterocycles. The summed E-state index contributed by atoms with van der Waals surface area (Å²) in [4.78, 5) is 56.2. The van der Waals surface area contributed by atoms with E-state index in [1.165, 1.54) is 36.5 Å². The molecule has 6 aromatic rings. The van der Waals surface area contributed by atoms with Crippen LogP contribution in [-0.2, 0) is 25.9 Å². The Hall–Kier alpha value is -6.88. The largest absolute Gasteiger partial charge is 0.496 e. The zero-order valence-corrected chi connectivity index (χ0v) is 34.3. The lowest BCUT2D eigenvalue weighted by Crippen LogP contribution is -2.27. The summed E-state index contributed by atoms with van der Waals surface area (Å²) in [5, 5.41) is 6.07. The first-order valence-corrected chi connectivity index (χ1v) is 19.9. The fourth-order valence-corrected chi connectivity index (χ4v) is 7.67. The predicted octanol–water partition coefficient (Wildman–Crippen LogP) is 8.33. The standard InChI is InChI=1S/2C25H24N2O3/c1-27-14-13-20-19(16-27)9-6-10-22(20)26-25(29)21-15-18(11-12-23(21)30-2)24(28)17-7-4-3-5-8-17;1-27-14-13-20-19(16-27)9-6-10-22(20)26-25(29)21-12-11-18(15-23(21)30-2)24(28)17-7-4-3-5-8-17/h2*3-12,15H,13-14,16H2,1-2H3,(H,26,29). The van der Waals surface area contributed by atoms with E-state index in [4.69, 9.17) is 9.47 Å². The van der Waals surface area contributed by atoms with Crippen LogP contribution in [0.5, 0.6) is 11.5 Å². The first-order valence-electron chi connectivity index (χ1n) is 19.9. The maximum Gasteiger partial charge on any atom is 0.259 e. The fraction of sp³-hybridized carbons (Fsp3) is 0.200.